The Balaban J connectivity index is 2.38. The zero-order chi connectivity index (χ0) is 15.7. The Hall–Kier alpha value is -1.30. The van der Waals surface area contributed by atoms with Crippen LogP contribution in [0.15, 0.2) is 0 Å². The standard InChI is InChI=1S/C15H29N3O3/c1-4-7-16(8-5-2)13-14(19)17-9-11-18(12-10-17)15(20)21-6-3/h4-13H2,1-3H3. The predicted octanol–water partition coefficient (Wildman–Crippen LogP) is 1.41. The summed E-state index contributed by atoms with van der Waals surface area (Å²) in [5, 5.41) is 0. The Kier molecular flexibility index (Phi) is 8.12. The Morgan fingerprint density at radius 1 is 0.952 bits per heavy atom. The van der Waals surface area contributed by atoms with Crippen LogP contribution in [0.5, 0.6) is 0 Å². The van der Waals surface area contributed by atoms with E-state index in [1.165, 1.54) is 0 Å². The molecule has 6 heteroatoms. The number of rotatable bonds is 7. The van der Waals surface area contributed by atoms with E-state index >= 15 is 0 Å². The first-order chi connectivity index (χ1) is 10.1. The minimum Gasteiger partial charge on any atom is -0.450 e. The molecule has 0 aromatic rings. The first-order valence-corrected chi connectivity index (χ1v) is 8.04. The molecule has 0 saturated carbocycles. The Bertz CT molecular complexity index is 322. The molecule has 0 aromatic heterocycles. The highest BCUT2D eigenvalue weighted by Crippen LogP contribution is 2.05. The first kappa shape index (κ1) is 17.8. The topological polar surface area (TPSA) is 53.1 Å². The summed E-state index contributed by atoms with van der Waals surface area (Å²) in [4.78, 5) is 29.7. The lowest BCUT2D eigenvalue weighted by Crippen LogP contribution is -2.52. The van der Waals surface area contributed by atoms with E-state index in [0.717, 1.165) is 25.9 Å². The van der Waals surface area contributed by atoms with E-state index in [-0.39, 0.29) is 12.0 Å². The van der Waals surface area contributed by atoms with Gasteiger partial charge in [-0.1, -0.05) is 13.8 Å². The summed E-state index contributed by atoms with van der Waals surface area (Å²) < 4.78 is 4.98. The van der Waals surface area contributed by atoms with Crippen LogP contribution in [0.2, 0.25) is 0 Å². The van der Waals surface area contributed by atoms with Gasteiger partial charge in [-0.2, -0.15) is 0 Å². The highest BCUT2D eigenvalue weighted by molar-refractivity contribution is 5.78. The number of hydrogen-bond acceptors (Lipinski definition) is 4. The number of carbonyl (C=O) groups excluding carboxylic acids is 2. The highest BCUT2D eigenvalue weighted by Gasteiger charge is 2.25. The lowest BCUT2D eigenvalue weighted by Gasteiger charge is -2.35. The molecule has 0 radical (unpaired) electrons. The van der Waals surface area contributed by atoms with Crippen molar-refractivity contribution in [2.45, 2.75) is 33.6 Å². The molecular weight excluding hydrogens is 270 g/mol. The van der Waals surface area contributed by atoms with Crippen LogP contribution in [0.4, 0.5) is 4.79 Å². The van der Waals surface area contributed by atoms with Gasteiger partial charge in [0.15, 0.2) is 0 Å². The van der Waals surface area contributed by atoms with Crippen molar-refractivity contribution in [1.29, 1.82) is 0 Å². The van der Waals surface area contributed by atoms with E-state index in [2.05, 4.69) is 18.7 Å². The average molecular weight is 299 g/mol. The zero-order valence-electron chi connectivity index (χ0n) is 13.6. The molecule has 1 aliphatic heterocycles. The molecule has 1 fully saturated rings. The predicted molar refractivity (Wildman–Crippen MR) is 82.2 cm³/mol. The van der Waals surface area contributed by atoms with E-state index in [4.69, 9.17) is 4.74 Å². The lowest BCUT2D eigenvalue weighted by atomic mass is 10.3. The normalized spacial score (nSPS) is 15.4. The van der Waals surface area contributed by atoms with Crippen molar-refractivity contribution in [2.75, 3.05) is 52.4 Å². The second-order valence-electron chi connectivity index (χ2n) is 5.34. The smallest absolute Gasteiger partial charge is 0.409 e. The first-order valence-electron chi connectivity index (χ1n) is 8.04. The molecule has 1 saturated heterocycles. The van der Waals surface area contributed by atoms with Crippen LogP contribution < -0.4 is 0 Å². The molecule has 0 aromatic carbocycles. The van der Waals surface area contributed by atoms with Crippen LogP contribution in [0, 0.1) is 0 Å². The number of carbonyl (C=O) groups is 2. The van der Waals surface area contributed by atoms with Crippen molar-refractivity contribution >= 4 is 12.0 Å². The van der Waals surface area contributed by atoms with Gasteiger partial charge in [0, 0.05) is 26.2 Å². The van der Waals surface area contributed by atoms with Crippen molar-refractivity contribution in [3.63, 3.8) is 0 Å². The molecule has 0 unspecified atom stereocenters. The van der Waals surface area contributed by atoms with Crippen molar-refractivity contribution < 1.29 is 14.3 Å². The fourth-order valence-corrected chi connectivity index (χ4v) is 2.55. The quantitative estimate of drug-likeness (QED) is 0.713. The second kappa shape index (κ2) is 9.60. The molecular formula is C15H29N3O3. The third kappa shape index (κ3) is 5.91. The van der Waals surface area contributed by atoms with Crippen LogP contribution in [-0.2, 0) is 9.53 Å². The van der Waals surface area contributed by atoms with E-state index in [1.807, 2.05) is 4.90 Å². The number of piperazine rings is 1. The van der Waals surface area contributed by atoms with Gasteiger partial charge in [0.25, 0.3) is 0 Å². The van der Waals surface area contributed by atoms with Crippen LogP contribution in [-0.4, -0.2) is 79.1 Å². The summed E-state index contributed by atoms with van der Waals surface area (Å²) in [5.41, 5.74) is 0. The number of ether oxygens (including phenoxy) is 1. The van der Waals surface area contributed by atoms with Gasteiger partial charge in [-0.3, -0.25) is 9.69 Å². The van der Waals surface area contributed by atoms with Crippen LogP contribution in [0.1, 0.15) is 33.6 Å². The average Bonchev–Trinajstić information content (AvgIpc) is 2.48. The summed E-state index contributed by atoms with van der Waals surface area (Å²) in [5.74, 6) is 0.167. The van der Waals surface area contributed by atoms with Gasteiger partial charge in [0.05, 0.1) is 13.2 Å². The van der Waals surface area contributed by atoms with Crippen molar-refractivity contribution in [3.8, 4) is 0 Å². The molecule has 1 rings (SSSR count). The molecule has 6 nitrogen and oxygen atoms in total. The zero-order valence-corrected chi connectivity index (χ0v) is 13.6. The fraction of sp³-hybridized carbons (Fsp3) is 0.867. The van der Waals surface area contributed by atoms with Gasteiger partial charge in [0.2, 0.25) is 5.91 Å². The molecule has 0 atom stereocenters. The summed E-state index contributed by atoms with van der Waals surface area (Å²) in [6.45, 7) is 11.2. The summed E-state index contributed by atoms with van der Waals surface area (Å²) in [6.07, 6.45) is 1.84. The monoisotopic (exact) mass is 299 g/mol. The SMILES string of the molecule is CCCN(CCC)CC(=O)N1CCN(C(=O)OCC)CC1. The lowest BCUT2D eigenvalue weighted by molar-refractivity contribution is -0.134. The molecule has 122 valence electrons. The van der Waals surface area contributed by atoms with Gasteiger partial charge in [-0.05, 0) is 32.9 Å². The molecule has 0 bridgehead atoms. The van der Waals surface area contributed by atoms with E-state index in [9.17, 15) is 9.59 Å². The maximum atomic E-state index is 12.3. The Morgan fingerprint density at radius 3 is 1.95 bits per heavy atom. The summed E-state index contributed by atoms with van der Waals surface area (Å²) >= 11 is 0. The summed E-state index contributed by atoms with van der Waals surface area (Å²) in [6, 6.07) is 0. The Labute approximate surface area is 128 Å². The number of amides is 2. The van der Waals surface area contributed by atoms with E-state index in [1.54, 1.807) is 11.8 Å². The molecule has 1 aliphatic rings. The van der Waals surface area contributed by atoms with Gasteiger partial charge < -0.3 is 14.5 Å². The molecule has 0 aliphatic carbocycles. The minimum absolute atomic E-state index is 0.167. The van der Waals surface area contributed by atoms with Crippen LogP contribution >= 0.6 is 0 Å². The van der Waals surface area contributed by atoms with E-state index in [0.29, 0.717) is 39.3 Å². The third-order valence-corrected chi connectivity index (χ3v) is 3.60. The maximum absolute atomic E-state index is 12.3. The molecule has 0 spiro atoms. The number of nitrogens with zero attached hydrogens (tertiary/aromatic N) is 3. The summed E-state index contributed by atoms with van der Waals surface area (Å²) in [7, 11) is 0. The highest BCUT2D eigenvalue weighted by atomic mass is 16.6. The largest absolute Gasteiger partial charge is 0.450 e. The third-order valence-electron chi connectivity index (χ3n) is 3.60. The van der Waals surface area contributed by atoms with Crippen LogP contribution in [0.3, 0.4) is 0 Å². The number of hydrogen-bond donors (Lipinski definition) is 0. The van der Waals surface area contributed by atoms with Gasteiger partial charge in [-0.25, -0.2) is 4.79 Å². The fourth-order valence-electron chi connectivity index (χ4n) is 2.55. The molecule has 21 heavy (non-hydrogen) atoms. The van der Waals surface area contributed by atoms with Gasteiger partial charge in [-0.15, -0.1) is 0 Å². The maximum Gasteiger partial charge on any atom is 0.409 e. The minimum atomic E-state index is -0.275. The molecule has 1 heterocycles. The van der Waals surface area contributed by atoms with Crippen molar-refractivity contribution in [2.24, 2.45) is 0 Å². The molecule has 2 amide bonds. The Morgan fingerprint density at radius 2 is 1.48 bits per heavy atom. The molecule has 0 N–H and O–H groups in total. The second-order valence-corrected chi connectivity index (χ2v) is 5.34. The van der Waals surface area contributed by atoms with Gasteiger partial charge in [0.1, 0.15) is 0 Å². The van der Waals surface area contributed by atoms with Crippen molar-refractivity contribution in [1.82, 2.24) is 14.7 Å². The van der Waals surface area contributed by atoms with Crippen molar-refractivity contribution in [3.05, 3.63) is 0 Å². The van der Waals surface area contributed by atoms with Crippen LogP contribution in [0.25, 0.3) is 0 Å². The van der Waals surface area contributed by atoms with Gasteiger partial charge >= 0.3 is 6.09 Å². The van der Waals surface area contributed by atoms with E-state index < -0.39 is 0 Å².